The standard InChI is InChI=1S/C40H46F3N9O3/c1-24-5-4-14-55-38(45-3)32(20-44)34-16-28(15-25(2)46-34)37(53)48-40-47-33-7-6-26(35(43)36(33)52(40)21-24)22-49-10-12-50(13-11-49)39(54)27-8-9-51(23-27)31-18-29(41)17-30(42)19-31/h6-7,15-20,24,27,44-45H,4-5,8-14,21-23H2,1-3H3,(H,47,48,53)/b38-32-,44-20?/t24-,27?/m1/s1. The maximum atomic E-state index is 16.7. The van der Waals surface area contributed by atoms with Crippen LogP contribution in [-0.4, -0.2) is 98.2 Å². The molecule has 55 heavy (non-hydrogen) atoms. The number of aryl methyl sites for hydroxylation is 1. The molecule has 15 heteroatoms. The lowest BCUT2D eigenvalue weighted by molar-refractivity contribution is -0.136. The van der Waals surface area contributed by atoms with Crippen LogP contribution in [0.5, 0.6) is 0 Å². The van der Waals surface area contributed by atoms with Crippen molar-refractivity contribution in [1.82, 2.24) is 20.1 Å². The van der Waals surface area contributed by atoms with Crippen molar-refractivity contribution in [2.75, 3.05) is 74.6 Å². The van der Waals surface area contributed by atoms with Crippen molar-refractivity contribution in [2.24, 2.45) is 16.8 Å². The Balaban J connectivity index is 1.06. The van der Waals surface area contributed by atoms with Crippen LogP contribution in [0.3, 0.4) is 0 Å². The second-order valence-electron chi connectivity index (χ2n) is 14.7. The molecular formula is C40H46F3N9O3. The lowest BCUT2D eigenvalue weighted by Gasteiger charge is -2.36. The Morgan fingerprint density at radius 2 is 1.80 bits per heavy atom. The quantitative estimate of drug-likeness (QED) is 0.284. The molecule has 2 atom stereocenters. The van der Waals surface area contributed by atoms with Crippen molar-refractivity contribution in [3.8, 4) is 0 Å². The molecule has 0 spiro atoms. The average Bonchev–Trinajstić information content (AvgIpc) is 3.79. The van der Waals surface area contributed by atoms with E-state index in [9.17, 15) is 18.4 Å². The first-order valence-corrected chi connectivity index (χ1v) is 18.8. The number of allylic oxidation sites excluding steroid dienone is 1. The van der Waals surface area contributed by atoms with E-state index in [0.717, 1.165) is 18.7 Å². The van der Waals surface area contributed by atoms with Crippen molar-refractivity contribution in [3.63, 3.8) is 0 Å². The molecule has 0 aliphatic carbocycles. The van der Waals surface area contributed by atoms with Gasteiger partial charge in [-0.1, -0.05) is 13.0 Å². The zero-order chi connectivity index (χ0) is 38.8. The monoisotopic (exact) mass is 757 g/mol. The van der Waals surface area contributed by atoms with Crippen molar-refractivity contribution in [3.05, 3.63) is 88.3 Å². The fourth-order valence-electron chi connectivity index (χ4n) is 7.84. The summed E-state index contributed by atoms with van der Waals surface area (Å²) in [6.45, 7) is 8.02. The SMILES string of the molecule is CN/C1=C(\C=N)c2cc(cc(C)n2)C(=O)/N=C2\Nc3ccc(CN4CCN(C(=O)C5CCN(c6cc(F)cc(F)c6)C5)CC4)c(F)c3N2C[C@H](C)CCCO1. The molecule has 2 saturated heterocycles. The lowest BCUT2D eigenvalue weighted by atomic mass is 10.0. The third-order valence-electron chi connectivity index (χ3n) is 10.7. The van der Waals surface area contributed by atoms with Gasteiger partial charge in [0.15, 0.2) is 11.7 Å². The van der Waals surface area contributed by atoms with Crippen LogP contribution in [0.15, 0.2) is 53.3 Å². The Labute approximate surface area is 318 Å². The maximum absolute atomic E-state index is 16.7. The molecule has 0 saturated carbocycles. The smallest absolute Gasteiger partial charge is 0.280 e. The Bertz CT molecular complexity index is 2030. The molecule has 5 heterocycles. The minimum atomic E-state index is -0.644. The maximum Gasteiger partial charge on any atom is 0.280 e. The number of nitrogens with one attached hydrogen (secondary N) is 3. The average molecular weight is 758 g/mol. The Kier molecular flexibility index (Phi) is 11.1. The number of guanidine groups is 1. The van der Waals surface area contributed by atoms with Crippen molar-refractivity contribution in [1.29, 1.82) is 5.41 Å². The lowest BCUT2D eigenvalue weighted by Crippen LogP contribution is -2.50. The zero-order valence-corrected chi connectivity index (χ0v) is 31.3. The fraction of sp³-hybridized carbons (Fsp3) is 0.425. The number of benzene rings is 2. The number of hydrogen-bond donors (Lipinski definition) is 3. The van der Waals surface area contributed by atoms with Gasteiger partial charge in [-0.2, -0.15) is 4.99 Å². The summed E-state index contributed by atoms with van der Waals surface area (Å²) in [6, 6.07) is 10.2. The molecule has 4 aliphatic rings. The first-order valence-electron chi connectivity index (χ1n) is 18.8. The largest absolute Gasteiger partial charge is 0.479 e. The van der Waals surface area contributed by atoms with Gasteiger partial charge in [-0.15, -0.1) is 0 Å². The van der Waals surface area contributed by atoms with E-state index < -0.39 is 23.4 Å². The van der Waals surface area contributed by atoms with Gasteiger partial charge in [0.2, 0.25) is 11.9 Å². The summed E-state index contributed by atoms with van der Waals surface area (Å²) in [4.78, 5) is 43.8. The van der Waals surface area contributed by atoms with Gasteiger partial charge >= 0.3 is 0 Å². The van der Waals surface area contributed by atoms with Crippen LogP contribution < -0.4 is 20.4 Å². The summed E-state index contributed by atoms with van der Waals surface area (Å²) < 4.78 is 50.3. The number of pyridine rings is 1. The number of hydrogen-bond acceptors (Lipinski definition) is 10. The number of amides is 2. The molecule has 2 bridgehead atoms. The molecule has 4 aliphatic heterocycles. The second kappa shape index (κ2) is 16.1. The molecule has 1 aromatic heterocycles. The Morgan fingerprint density at radius 1 is 1.04 bits per heavy atom. The summed E-state index contributed by atoms with van der Waals surface area (Å²) in [5.74, 6) is -1.75. The van der Waals surface area contributed by atoms with Crippen LogP contribution >= 0.6 is 0 Å². The van der Waals surface area contributed by atoms with Crippen LogP contribution in [0.2, 0.25) is 0 Å². The minimum Gasteiger partial charge on any atom is -0.479 e. The van der Waals surface area contributed by atoms with Gasteiger partial charge in [-0.3, -0.25) is 19.5 Å². The summed E-state index contributed by atoms with van der Waals surface area (Å²) >= 11 is 0. The predicted molar refractivity (Wildman–Crippen MR) is 206 cm³/mol. The number of rotatable bonds is 6. The zero-order valence-electron chi connectivity index (χ0n) is 31.3. The van der Waals surface area contributed by atoms with Gasteiger partial charge in [0.25, 0.3) is 5.91 Å². The third-order valence-corrected chi connectivity index (χ3v) is 10.7. The van der Waals surface area contributed by atoms with Gasteiger partial charge in [0, 0.05) is 94.2 Å². The van der Waals surface area contributed by atoms with E-state index >= 15 is 4.39 Å². The topological polar surface area (TPSA) is 129 Å². The molecule has 3 aromatic rings. The van der Waals surface area contributed by atoms with Crippen LogP contribution in [0.4, 0.5) is 30.2 Å². The summed E-state index contributed by atoms with van der Waals surface area (Å²) in [5.41, 5.74) is 3.45. The number of nitrogens with zero attached hydrogens (tertiary/aromatic N) is 6. The van der Waals surface area contributed by atoms with E-state index in [4.69, 9.17) is 10.1 Å². The molecule has 2 amide bonds. The summed E-state index contributed by atoms with van der Waals surface area (Å²) in [5, 5.41) is 14.3. The molecule has 290 valence electrons. The van der Waals surface area contributed by atoms with Crippen LogP contribution in [0, 0.1) is 41.6 Å². The highest BCUT2D eigenvalue weighted by atomic mass is 19.1. The molecule has 7 rings (SSSR count). The number of ether oxygens (including phenoxy) is 1. The number of carbonyl (C=O) groups excluding carboxylic acids is 2. The van der Waals surface area contributed by atoms with Gasteiger partial charge in [-0.25, -0.2) is 13.2 Å². The predicted octanol–water partition coefficient (Wildman–Crippen LogP) is 5.39. The van der Waals surface area contributed by atoms with Crippen LogP contribution in [0.1, 0.15) is 53.5 Å². The van der Waals surface area contributed by atoms with E-state index in [1.807, 2.05) is 15.9 Å². The number of halogens is 3. The highest BCUT2D eigenvalue weighted by Crippen LogP contribution is 2.38. The van der Waals surface area contributed by atoms with Crippen molar-refractivity contribution in [2.45, 2.75) is 39.7 Å². The number of piperazine rings is 1. The van der Waals surface area contributed by atoms with Gasteiger partial charge in [0.1, 0.15) is 17.3 Å². The van der Waals surface area contributed by atoms with E-state index in [0.29, 0.717) is 117 Å². The van der Waals surface area contributed by atoms with Crippen LogP contribution in [-0.2, 0) is 16.1 Å². The van der Waals surface area contributed by atoms with E-state index in [2.05, 4.69) is 32.4 Å². The first kappa shape index (κ1) is 37.9. The van der Waals surface area contributed by atoms with Crippen LogP contribution in [0.25, 0.3) is 5.57 Å². The number of carbonyl (C=O) groups is 2. The molecule has 1 unspecified atom stereocenters. The van der Waals surface area contributed by atoms with E-state index in [1.54, 1.807) is 37.1 Å². The van der Waals surface area contributed by atoms with Gasteiger partial charge in [-0.05, 0) is 62.4 Å². The molecule has 3 N–H and O–H groups in total. The Hall–Kier alpha value is -5.44. The van der Waals surface area contributed by atoms with Crippen molar-refractivity contribution < 1.29 is 27.5 Å². The number of fused-ring (bicyclic) bond motifs is 5. The van der Waals surface area contributed by atoms with E-state index in [-0.39, 0.29) is 29.3 Å². The number of anilines is 3. The Morgan fingerprint density at radius 3 is 2.53 bits per heavy atom. The highest BCUT2D eigenvalue weighted by molar-refractivity contribution is 6.19. The van der Waals surface area contributed by atoms with Crippen molar-refractivity contribution >= 4 is 46.6 Å². The normalized spacial score (nSPS) is 23.1. The summed E-state index contributed by atoms with van der Waals surface area (Å²) in [7, 11) is 1.71. The molecule has 0 radical (unpaired) electrons. The highest BCUT2D eigenvalue weighted by Gasteiger charge is 2.35. The first-order chi connectivity index (χ1) is 26.5. The third kappa shape index (κ3) is 8.16. The summed E-state index contributed by atoms with van der Waals surface area (Å²) in [6.07, 6.45) is 3.21. The number of aliphatic imine (C=N–C) groups is 1. The fourth-order valence-corrected chi connectivity index (χ4v) is 7.84. The van der Waals surface area contributed by atoms with Gasteiger partial charge in [0.05, 0.1) is 29.5 Å². The molecule has 12 nitrogen and oxygen atoms in total. The van der Waals surface area contributed by atoms with E-state index in [1.165, 1.54) is 12.1 Å². The molecule has 2 aromatic carbocycles. The minimum absolute atomic E-state index is 0.0279. The molecular weight excluding hydrogens is 711 g/mol. The number of aromatic nitrogens is 1. The van der Waals surface area contributed by atoms with Gasteiger partial charge < -0.3 is 35.5 Å². The second-order valence-corrected chi connectivity index (χ2v) is 14.7. The molecule has 2 fully saturated rings.